The summed E-state index contributed by atoms with van der Waals surface area (Å²) >= 11 is 3.16. The van der Waals surface area contributed by atoms with Crippen molar-refractivity contribution in [3.05, 3.63) is 10.6 Å². The predicted octanol–water partition coefficient (Wildman–Crippen LogP) is 1.72. The van der Waals surface area contributed by atoms with Crippen LogP contribution in [0.2, 0.25) is 0 Å². The van der Waals surface area contributed by atoms with Crippen molar-refractivity contribution >= 4 is 15.9 Å². The van der Waals surface area contributed by atoms with Crippen LogP contribution in [0.15, 0.2) is 9.32 Å². The quantitative estimate of drug-likeness (QED) is 0.829. The number of hydrogen-bond donors (Lipinski definition) is 0. The van der Waals surface area contributed by atoms with E-state index in [0.717, 1.165) is 18.8 Å². The summed E-state index contributed by atoms with van der Waals surface area (Å²) in [5.41, 5.74) is 0. The average Bonchev–Trinajstić information content (AvgIpc) is 2.76. The molecule has 0 aliphatic carbocycles. The van der Waals surface area contributed by atoms with Gasteiger partial charge in [-0.2, -0.15) is 4.98 Å². The van der Waals surface area contributed by atoms with E-state index in [-0.39, 0.29) is 0 Å². The van der Waals surface area contributed by atoms with Crippen LogP contribution in [-0.2, 0) is 6.42 Å². The fourth-order valence-electron chi connectivity index (χ4n) is 1.94. The van der Waals surface area contributed by atoms with E-state index in [1.54, 1.807) is 0 Å². The van der Waals surface area contributed by atoms with Crippen LogP contribution in [-0.4, -0.2) is 34.7 Å². The van der Waals surface area contributed by atoms with Crippen LogP contribution in [0.1, 0.15) is 19.2 Å². The van der Waals surface area contributed by atoms with Gasteiger partial charge in [-0.3, -0.25) is 0 Å². The first-order valence-electron chi connectivity index (χ1n) is 4.98. The zero-order chi connectivity index (χ0) is 9.97. The molecule has 2 heterocycles. The molecule has 78 valence electrons. The van der Waals surface area contributed by atoms with Crippen LogP contribution in [0.3, 0.4) is 0 Å². The summed E-state index contributed by atoms with van der Waals surface area (Å²) in [6.07, 6.45) is 2.19. The third kappa shape index (κ3) is 2.33. The van der Waals surface area contributed by atoms with Crippen LogP contribution in [0, 0.1) is 5.92 Å². The molecule has 1 aromatic rings. The minimum absolute atomic E-state index is 0.484. The Labute approximate surface area is 91.8 Å². The summed E-state index contributed by atoms with van der Waals surface area (Å²) < 4.78 is 4.87. The molecule has 1 aliphatic heterocycles. The largest absolute Gasteiger partial charge is 0.327 e. The summed E-state index contributed by atoms with van der Waals surface area (Å²) in [6, 6.07) is 0. The van der Waals surface area contributed by atoms with Crippen molar-refractivity contribution in [2.75, 3.05) is 19.6 Å². The molecular formula is C9H14BrN3O. The zero-order valence-electron chi connectivity index (χ0n) is 8.24. The molecule has 0 N–H and O–H groups in total. The van der Waals surface area contributed by atoms with Crippen molar-refractivity contribution in [3.63, 3.8) is 0 Å². The molecule has 1 unspecified atom stereocenters. The summed E-state index contributed by atoms with van der Waals surface area (Å²) in [6.45, 7) is 5.72. The van der Waals surface area contributed by atoms with Crippen molar-refractivity contribution in [3.8, 4) is 0 Å². The first-order valence-corrected chi connectivity index (χ1v) is 5.77. The van der Waals surface area contributed by atoms with Crippen molar-refractivity contribution in [1.82, 2.24) is 15.0 Å². The summed E-state index contributed by atoms with van der Waals surface area (Å²) in [5, 5.41) is 3.88. The third-order valence-electron chi connectivity index (χ3n) is 2.73. The van der Waals surface area contributed by atoms with Gasteiger partial charge in [0.05, 0.1) is 0 Å². The Bertz CT molecular complexity index is 302. The number of aromatic nitrogens is 2. The highest BCUT2D eigenvalue weighted by Crippen LogP contribution is 2.19. The fourth-order valence-corrected chi connectivity index (χ4v) is 2.22. The van der Waals surface area contributed by atoms with E-state index in [2.05, 4.69) is 37.9 Å². The number of nitrogens with zero attached hydrogens (tertiary/aromatic N) is 3. The van der Waals surface area contributed by atoms with Gasteiger partial charge in [0.2, 0.25) is 0 Å². The summed E-state index contributed by atoms with van der Waals surface area (Å²) in [7, 11) is 0. The molecule has 0 saturated carbocycles. The lowest BCUT2D eigenvalue weighted by Crippen LogP contribution is -2.20. The zero-order valence-corrected chi connectivity index (χ0v) is 9.83. The number of halogens is 1. The minimum atomic E-state index is 0.484. The van der Waals surface area contributed by atoms with Gasteiger partial charge >= 0.3 is 0 Å². The Kier molecular flexibility index (Phi) is 3.18. The maximum atomic E-state index is 4.87. The van der Waals surface area contributed by atoms with Crippen LogP contribution >= 0.6 is 15.9 Å². The van der Waals surface area contributed by atoms with Gasteiger partial charge in [0.15, 0.2) is 5.82 Å². The summed E-state index contributed by atoms with van der Waals surface area (Å²) in [5.74, 6) is 1.51. The van der Waals surface area contributed by atoms with Crippen molar-refractivity contribution < 1.29 is 4.52 Å². The normalized spacial score (nSPS) is 23.1. The highest BCUT2D eigenvalue weighted by molar-refractivity contribution is 9.10. The first kappa shape index (κ1) is 10.1. The van der Waals surface area contributed by atoms with E-state index >= 15 is 0 Å². The second-order valence-electron chi connectivity index (χ2n) is 3.72. The lowest BCUT2D eigenvalue weighted by Gasteiger charge is -2.11. The highest BCUT2D eigenvalue weighted by Gasteiger charge is 2.22. The van der Waals surface area contributed by atoms with Gasteiger partial charge in [-0.05, 0) is 25.4 Å². The van der Waals surface area contributed by atoms with Gasteiger partial charge < -0.3 is 9.42 Å². The van der Waals surface area contributed by atoms with Gasteiger partial charge in [0.25, 0.3) is 4.80 Å². The first-order chi connectivity index (χ1) is 6.78. The molecule has 1 saturated heterocycles. The van der Waals surface area contributed by atoms with Crippen molar-refractivity contribution in [2.45, 2.75) is 19.8 Å². The molecule has 0 radical (unpaired) electrons. The van der Waals surface area contributed by atoms with Crippen molar-refractivity contribution in [2.24, 2.45) is 5.92 Å². The van der Waals surface area contributed by atoms with E-state index in [1.807, 2.05) is 0 Å². The molecule has 5 heteroatoms. The topological polar surface area (TPSA) is 42.2 Å². The minimum Gasteiger partial charge on any atom is -0.327 e. The Balaban J connectivity index is 1.87. The Hall–Kier alpha value is -0.420. The molecule has 1 atom stereocenters. The SMILES string of the molecule is CCN1CCC(Cc2noc(Br)n2)C1. The molecule has 0 aromatic carbocycles. The van der Waals surface area contributed by atoms with Gasteiger partial charge in [-0.15, -0.1) is 0 Å². The molecule has 0 bridgehead atoms. The van der Waals surface area contributed by atoms with Crippen LogP contribution in [0.25, 0.3) is 0 Å². The van der Waals surface area contributed by atoms with Crippen molar-refractivity contribution in [1.29, 1.82) is 0 Å². The second-order valence-corrected chi connectivity index (χ2v) is 4.39. The second kappa shape index (κ2) is 4.40. The van der Waals surface area contributed by atoms with E-state index in [9.17, 15) is 0 Å². The predicted molar refractivity (Wildman–Crippen MR) is 55.9 cm³/mol. The van der Waals surface area contributed by atoms with Gasteiger partial charge in [-0.1, -0.05) is 12.1 Å². The fraction of sp³-hybridized carbons (Fsp3) is 0.778. The molecule has 1 aliphatic rings. The molecule has 14 heavy (non-hydrogen) atoms. The molecule has 4 nitrogen and oxygen atoms in total. The smallest absolute Gasteiger partial charge is 0.293 e. The van der Waals surface area contributed by atoms with Gasteiger partial charge in [0, 0.05) is 28.9 Å². The van der Waals surface area contributed by atoms with E-state index in [0.29, 0.717) is 10.7 Å². The Morgan fingerprint density at radius 3 is 3.07 bits per heavy atom. The molecule has 1 aromatic heterocycles. The number of hydrogen-bond acceptors (Lipinski definition) is 4. The monoisotopic (exact) mass is 259 g/mol. The maximum Gasteiger partial charge on any atom is 0.293 e. The number of likely N-dealkylation sites (tertiary alicyclic amines) is 1. The molecule has 2 rings (SSSR count). The van der Waals surface area contributed by atoms with Crippen LogP contribution < -0.4 is 0 Å². The van der Waals surface area contributed by atoms with Crippen LogP contribution in [0.5, 0.6) is 0 Å². The average molecular weight is 260 g/mol. The maximum absolute atomic E-state index is 4.87. The number of rotatable bonds is 3. The molecular weight excluding hydrogens is 246 g/mol. The van der Waals surface area contributed by atoms with Crippen LogP contribution in [0.4, 0.5) is 0 Å². The molecule has 0 amide bonds. The lowest BCUT2D eigenvalue weighted by atomic mass is 10.1. The van der Waals surface area contributed by atoms with Gasteiger partial charge in [0.1, 0.15) is 0 Å². The highest BCUT2D eigenvalue weighted by atomic mass is 79.9. The third-order valence-corrected chi connectivity index (χ3v) is 3.05. The molecule has 0 spiro atoms. The Morgan fingerprint density at radius 1 is 1.64 bits per heavy atom. The van der Waals surface area contributed by atoms with Gasteiger partial charge in [-0.25, -0.2) is 0 Å². The summed E-state index contributed by atoms with van der Waals surface area (Å²) in [4.78, 5) is 7.09. The lowest BCUT2D eigenvalue weighted by molar-refractivity contribution is 0.338. The van der Waals surface area contributed by atoms with E-state index in [4.69, 9.17) is 4.52 Å². The standard InChI is InChI=1S/C9H14BrN3O/c1-2-13-4-3-7(6-13)5-8-11-9(10)14-12-8/h7H,2-6H2,1H3. The Morgan fingerprint density at radius 2 is 2.50 bits per heavy atom. The van der Waals surface area contributed by atoms with E-state index in [1.165, 1.54) is 19.5 Å². The van der Waals surface area contributed by atoms with E-state index < -0.39 is 0 Å². The molecule has 1 fully saturated rings.